The fourth-order valence-corrected chi connectivity index (χ4v) is 3.11. The van der Waals surface area contributed by atoms with Gasteiger partial charge in [-0.05, 0) is 24.3 Å². The molecule has 0 unspecified atom stereocenters. The fraction of sp³-hybridized carbons (Fsp3) is 0.160. The highest BCUT2D eigenvalue weighted by Crippen LogP contribution is 2.39. The molecule has 0 fully saturated rings. The normalized spacial score (nSPS) is 10.1. The number of para-hydroxylation sites is 1. The van der Waals surface area contributed by atoms with Crippen molar-refractivity contribution in [3.8, 4) is 17.2 Å². The molecule has 0 spiro atoms. The molecular formula is C25H24N2O7. The Bertz CT molecular complexity index is 1150. The average molecular weight is 464 g/mol. The average Bonchev–Trinajstić information content (AvgIpc) is 2.87. The van der Waals surface area contributed by atoms with Crippen molar-refractivity contribution in [2.75, 3.05) is 38.6 Å². The molecular weight excluding hydrogens is 440 g/mol. The van der Waals surface area contributed by atoms with Crippen molar-refractivity contribution in [3.63, 3.8) is 0 Å². The summed E-state index contributed by atoms with van der Waals surface area (Å²) in [4.78, 5) is 37.4. The number of ether oxygens (including phenoxy) is 4. The molecule has 0 aliphatic rings. The molecule has 3 aromatic rings. The lowest BCUT2D eigenvalue weighted by Gasteiger charge is -2.15. The lowest BCUT2D eigenvalue weighted by atomic mass is 10.1. The quantitative estimate of drug-likeness (QED) is 0.464. The molecule has 0 saturated carbocycles. The second-order valence-corrected chi connectivity index (χ2v) is 6.90. The van der Waals surface area contributed by atoms with Crippen LogP contribution in [0.3, 0.4) is 0 Å². The van der Waals surface area contributed by atoms with Crippen LogP contribution in [-0.2, 0) is 9.53 Å². The number of hydrogen-bond acceptors (Lipinski definition) is 7. The van der Waals surface area contributed by atoms with Crippen LogP contribution in [0.4, 0.5) is 11.4 Å². The number of amides is 2. The summed E-state index contributed by atoms with van der Waals surface area (Å²) >= 11 is 0. The predicted molar refractivity (Wildman–Crippen MR) is 126 cm³/mol. The Morgan fingerprint density at radius 1 is 0.765 bits per heavy atom. The lowest BCUT2D eigenvalue weighted by molar-refractivity contribution is -0.119. The van der Waals surface area contributed by atoms with E-state index in [1.807, 2.05) is 0 Å². The molecule has 2 amide bonds. The summed E-state index contributed by atoms with van der Waals surface area (Å²) in [5.74, 6) is -0.614. The van der Waals surface area contributed by atoms with E-state index in [9.17, 15) is 14.4 Å². The second kappa shape index (κ2) is 11.4. The maximum atomic E-state index is 12.6. The molecule has 9 nitrogen and oxygen atoms in total. The number of methoxy groups -OCH3 is 3. The summed E-state index contributed by atoms with van der Waals surface area (Å²) in [7, 11) is 4.38. The van der Waals surface area contributed by atoms with Gasteiger partial charge in [0.15, 0.2) is 18.1 Å². The minimum absolute atomic E-state index is 0.118. The van der Waals surface area contributed by atoms with Crippen LogP contribution in [0.15, 0.2) is 66.7 Å². The van der Waals surface area contributed by atoms with Gasteiger partial charge in [-0.2, -0.15) is 0 Å². The van der Waals surface area contributed by atoms with Crippen LogP contribution in [0.1, 0.15) is 20.7 Å². The first-order valence-electron chi connectivity index (χ1n) is 10.2. The number of hydrogen-bond donors (Lipinski definition) is 2. The largest absolute Gasteiger partial charge is 0.493 e. The van der Waals surface area contributed by atoms with E-state index in [1.54, 1.807) is 60.7 Å². The zero-order valence-corrected chi connectivity index (χ0v) is 18.9. The van der Waals surface area contributed by atoms with E-state index in [0.29, 0.717) is 28.5 Å². The van der Waals surface area contributed by atoms with Crippen LogP contribution < -0.4 is 24.8 Å². The molecule has 9 heteroatoms. The number of anilines is 2. The van der Waals surface area contributed by atoms with Crippen molar-refractivity contribution in [3.05, 3.63) is 77.9 Å². The maximum absolute atomic E-state index is 12.6. The highest BCUT2D eigenvalue weighted by atomic mass is 16.5. The Balaban J connectivity index is 1.65. The van der Waals surface area contributed by atoms with Crippen LogP contribution >= 0.6 is 0 Å². The molecule has 0 aliphatic heterocycles. The van der Waals surface area contributed by atoms with Gasteiger partial charge in [0.05, 0.1) is 32.6 Å². The number of nitrogens with one attached hydrogen (secondary N) is 2. The number of rotatable bonds is 9. The summed E-state index contributed by atoms with van der Waals surface area (Å²) in [6.07, 6.45) is 0. The van der Waals surface area contributed by atoms with Gasteiger partial charge in [-0.3, -0.25) is 9.59 Å². The summed E-state index contributed by atoms with van der Waals surface area (Å²) in [6.45, 7) is -0.545. The molecule has 0 bridgehead atoms. The monoisotopic (exact) mass is 464 g/mol. The maximum Gasteiger partial charge on any atom is 0.340 e. The van der Waals surface area contributed by atoms with Gasteiger partial charge in [0, 0.05) is 23.4 Å². The van der Waals surface area contributed by atoms with Gasteiger partial charge in [0.1, 0.15) is 0 Å². The number of benzene rings is 3. The Kier molecular flexibility index (Phi) is 8.07. The van der Waals surface area contributed by atoms with E-state index in [1.165, 1.54) is 27.4 Å². The number of carbonyl (C=O) groups excluding carboxylic acids is 3. The molecule has 3 aromatic carbocycles. The summed E-state index contributed by atoms with van der Waals surface area (Å²) in [5, 5.41) is 5.31. The van der Waals surface area contributed by atoms with Gasteiger partial charge >= 0.3 is 5.97 Å². The molecule has 3 rings (SSSR count). The third-order valence-electron chi connectivity index (χ3n) is 4.71. The Morgan fingerprint density at radius 3 is 2.00 bits per heavy atom. The molecule has 176 valence electrons. The molecule has 0 heterocycles. The zero-order chi connectivity index (χ0) is 24.5. The highest BCUT2D eigenvalue weighted by Gasteiger charge is 2.18. The minimum Gasteiger partial charge on any atom is -0.493 e. The van der Waals surface area contributed by atoms with Crippen molar-refractivity contribution in [1.82, 2.24) is 0 Å². The second-order valence-electron chi connectivity index (χ2n) is 6.90. The van der Waals surface area contributed by atoms with Gasteiger partial charge in [-0.1, -0.05) is 30.3 Å². The first kappa shape index (κ1) is 24.1. The van der Waals surface area contributed by atoms with E-state index in [4.69, 9.17) is 18.9 Å². The summed E-state index contributed by atoms with van der Waals surface area (Å²) < 4.78 is 20.9. The molecule has 2 N–H and O–H groups in total. The fourth-order valence-electron chi connectivity index (χ4n) is 3.11. The van der Waals surface area contributed by atoms with Gasteiger partial charge in [0.25, 0.3) is 11.8 Å². The molecule has 0 saturated heterocycles. The summed E-state index contributed by atoms with van der Waals surface area (Å²) in [6, 6.07) is 18.1. The van der Waals surface area contributed by atoms with Gasteiger partial charge < -0.3 is 29.6 Å². The van der Waals surface area contributed by atoms with E-state index in [-0.39, 0.29) is 17.2 Å². The Morgan fingerprint density at radius 2 is 1.38 bits per heavy atom. The third kappa shape index (κ3) is 5.83. The van der Waals surface area contributed by atoms with Gasteiger partial charge in [-0.25, -0.2) is 4.79 Å². The third-order valence-corrected chi connectivity index (χ3v) is 4.71. The van der Waals surface area contributed by atoms with Crippen molar-refractivity contribution in [1.29, 1.82) is 0 Å². The number of esters is 1. The van der Waals surface area contributed by atoms with Gasteiger partial charge in [0.2, 0.25) is 5.75 Å². The van der Waals surface area contributed by atoms with Crippen LogP contribution in [0.2, 0.25) is 0 Å². The topological polar surface area (TPSA) is 112 Å². The molecule has 0 radical (unpaired) electrons. The van der Waals surface area contributed by atoms with Crippen molar-refractivity contribution >= 4 is 29.2 Å². The predicted octanol–water partition coefficient (Wildman–Crippen LogP) is 3.76. The Hall–Kier alpha value is -4.53. The first-order chi connectivity index (χ1) is 16.5. The van der Waals surface area contributed by atoms with E-state index in [0.717, 1.165) is 0 Å². The Labute approximate surface area is 196 Å². The van der Waals surface area contributed by atoms with E-state index < -0.39 is 18.5 Å². The first-order valence-corrected chi connectivity index (χ1v) is 10.2. The number of carbonyl (C=O) groups is 3. The lowest BCUT2D eigenvalue weighted by Crippen LogP contribution is -2.22. The van der Waals surface area contributed by atoms with Crippen LogP contribution in [0.5, 0.6) is 17.2 Å². The zero-order valence-electron chi connectivity index (χ0n) is 18.9. The molecule has 0 atom stereocenters. The highest BCUT2D eigenvalue weighted by molar-refractivity contribution is 6.08. The smallest absolute Gasteiger partial charge is 0.340 e. The van der Waals surface area contributed by atoms with Gasteiger partial charge in [-0.15, -0.1) is 0 Å². The van der Waals surface area contributed by atoms with Crippen LogP contribution in [-0.4, -0.2) is 45.7 Å². The SMILES string of the molecule is COc1cc(NC(=O)COC(=O)c2ccccc2NC(=O)c2ccccc2)cc(OC)c1OC. The minimum atomic E-state index is -0.760. The molecule has 34 heavy (non-hydrogen) atoms. The molecule has 0 aromatic heterocycles. The van der Waals surface area contributed by atoms with E-state index >= 15 is 0 Å². The van der Waals surface area contributed by atoms with E-state index in [2.05, 4.69) is 10.6 Å². The van der Waals surface area contributed by atoms with Crippen LogP contribution in [0.25, 0.3) is 0 Å². The summed E-state index contributed by atoms with van der Waals surface area (Å²) in [5.41, 5.74) is 1.19. The molecule has 0 aliphatic carbocycles. The van der Waals surface area contributed by atoms with Crippen molar-refractivity contribution < 1.29 is 33.3 Å². The standard InChI is InChI=1S/C25H24N2O7/c1-31-20-13-17(14-21(32-2)23(20)33-3)26-22(28)15-34-25(30)18-11-7-8-12-19(18)27-24(29)16-9-5-4-6-10-16/h4-14H,15H2,1-3H3,(H,26,28)(H,27,29). The van der Waals surface area contributed by atoms with Crippen molar-refractivity contribution in [2.24, 2.45) is 0 Å². The van der Waals surface area contributed by atoms with Crippen LogP contribution in [0, 0.1) is 0 Å². The van der Waals surface area contributed by atoms with Crippen molar-refractivity contribution in [2.45, 2.75) is 0 Å².